The van der Waals surface area contributed by atoms with Gasteiger partial charge in [0, 0.05) is 22.0 Å². The molecule has 2 heterocycles. The predicted molar refractivity (Wildman–Crippen MR) is 104 cm³/mol. The Morgan fingerprint density at radius 3 is 3.00 bits per heavy atom. The van der Waals surface area contributed by atoms with Gasteiger partial charge >= 0.3 is 0 Å². The molecule has 1 aromatic heterocycles. The van der Waals surface area contributed by atoms with Gasteiger partial charge < -0.3 is 10.6 Å². The first kappa shape index (κ1) is 18.0. The normalized spacial score (nSPS) is 21.6. The minimum Gasteiger partial charge on any atom is -0.339 e. The van der Waals surface area contributed by atoms with E-state index in [4.69, 9.17) is 11.6 Å². The third-order valence-electron chi connectivity index (χ3n) is 5.69. The summed E-state index contributed by atoms with van der Waals surface area (Å²) in [5, 5.41) is 13.7. The van der Waals surface area contributed by atoms with Crippen molar-refractivity contribution >= 4 is 29.1 Å². The molecule has 142 valence electrons. The van der Waals surface area contributed by atoms with Gasteiger partial charge in [-0.1, -0.05) is 24.9 Å². The Balaban J connectivity index is 1.49. The molecule has 2 amide bonds. The first-order valence-electron chi connectivity index (χ1n) is 9.51. The lowest BCUT2D eigenvalue weighted by atomic mass is 9.85. The van der Waals surface area contributed by atoms with E-state index in [1.807, 2.05) is 6.07 Å². The smallest absolute Gasteiger partial charge is 0.272 e. The van der Waals surface area contributed by atoms with E-state index in [1.54, 1.807) is 12.1 Å². The van der Waals surface area contributed by atoms with Crippen LogP contribution >= 0.6 is 11.6 Å². The number of rotatable bonds is 3. The molecule has 6 nitrogen and oxygen atoms in total. The van der Waals surface area contributed by atoms with Gasteiger partial charge in [0.1, 0.15) is 6.04 Å². The maximum absolute atomic E-state index is 12.8. The number of aromatic nitrogens is 2. The van der Waals surface area contributed by atoms with Crippen molar-refractivity contribution in [3.05, 3.63) is 45.7 Å². The summed E-state index contributed by atoms with van der Waals surface area (Å²) in [5.41, 5.74) is 4.23. The first-order valence-corrected chi connectivity index (χ1v) is 9.89. The van der Waals surface area contributed by atoms with Crippen LogP contribution in [-0.4, -0.2) is 28.1 Å². The molecule has 2 atom stereocenters. The second-order valence-corrected chi connectivity index (χ2v) is 7.84. The Bertz CT molecular complexity index is 892. The number of carbonyl (C=O) groups excluding carboxylic acids is 2. The molecule has 1 unspecified atom stereocenters. The summed E-state index contributed by atoms with van der Waals surface area (Å²) in [4.78, 5) is 25.4. The number of amides is 2. The summed E-state index contributed by atoms with van der Waals surface area (Å²) in [6.45, 7) is 2.18. The summed E-state index contributed by atoms with van der Waals surface area (Å²) in [5.74, 6) is 0.0933. The van der Waals surface area contributed by atoms with Crippen molar-refractivity contribution in [3.63, 3.8) is 0 Å². The molecule has 2 aliphatic rings. The van der Waals surface area contributed by atoms with Crippen LogP contribution in [0.4, 0.5) is 5.69 Å². The van der Waals surface area contributed by atoms with Crippen molar-refractivity contribution in [3.8, 4) is 0 Å². The molecular weight excluding hydrogens is 364 g/mol. The number of nitrogens with zero attached hydrogens (tertiary/aromatic N) is 1. The molecule has 0 spiro atoms. The molecular formula is C20H23ClN4O2. The Morgan fingerprint density at radius 1 is 1.33 bits per heavy atom. The molecule has 1 aliphatic heterocycles. The number of hydrogen-bond donors (Lipinski definition) is 3. The van der Waals surface area contributed by atoms with E-state index in [1.165, 1.54) is 0 Å². The van der Waals surface area contributed by atoms with Crippen molar-refractivity contribution in [2.45, 2.75) is 51.5 Å². The van der Waals surface area contributed by atoms with Gasteiger partial charge in [0.05, 0.1) is 0 Å². The summed E-state index contributed by atoms with van der Waals surface area (Å²) < 4.78 is 0. The van der Waals surface area contributed by atoms with Gasteiger partial charge in [0.2, 0.25) is 5.91 Å². The molecule has 4 rings (SSSR count). The standard InChI is InChI=1S/C20H23ClN4O2/c1-2-11-3-6-16-14(9-11)18(25-24-16)20(27)23-17-7-4-12-10-13(21)5-8-15(12)22-19(17)26/h5,8,10-11,17H,2-4,6-7,9H2,1H3,(H,22,26)(H,23,27)(H,24,25)/t11?,17-/m0/s1. The topological polar surface area (TPSA) is 86.9 Å². The predicted octanol–water partition coefficient (Wildman–Crippen LogP) is 3.26. The van der Waals surface area contributed by atoms with E-state index in [0.29, 0.717) is 29.5 Å². The summed E-state index contributed by atoms with van der Waals surface area (Å²) in [7, 11) is 0. The monoisotopic (exact) mass is 386 g/mol. The zero-order valence-corrected chi connectivity index (χ0v) is 16.0. The van der Waals surface area contributed by atoms with Crippen LogP contribution in [0.25, 0.3) is 0 Å². The summed E-state index contributed by atoms with van der Waals surface area (Å²) in [6, 6.07) is 4.81. The average molecular weight is 387 g/mol. The second-order valence-electron chi connectivity index (χ2n) is 7.40. The summed E-state index contributed by atoms with van der Waals surface area (Å²) in [6.07, 6.45) is 5.20. The van der Waals surface area contributed by atoms with E-state index in [0.717, 1.165) is 48.2 Å². The fraction of sp³-hybridized carbons (Fsp3) is 0.450. The third-order valence-corrected chi connectivity index (χ3v) is 5.93. The number of halogens is 1. The van der Waals surface area contributed by atoms with Crippen molar-refractivity contribution in [2.75, 3.05) is 5.32 Å². The third kappa shape index (κ3) is 3.58. The number of fused-ring (bicyclic) bond motifs is 2. The molecule has 1 aromatic carbocycles. The maximum atomic E-state index is 12.8. The number of hydrogen-bond acceptors (Lipinski definition) is 3. The van der Waals surface area contributed by atoms with Gasteiger partial charge in [-0.2, -0.15) is 5.10 Å². The van der Waals surface area contributed by atoms with Crippen molar-refractivity contribution < 1.29 is 9.59 Å². The average Bonchev–Trinajstić information content (AvgIpc) is 3.03. The quantitative estimate of drug-likeness (QED) is 0.756. The minimum atomic E-state index is -0.596. The largest absolute Gasteiger partial charge is 0.339 e. The summed E-state index contributed by atoms with van der Waals surface area (Å²) >= 11 is 6.05. The molecule has 0 saturated carbocycles. The van der Waals surface area contributed by atoms with Crippen molar-refractivity contribution in [1.82, 2.24) is 15.5 Å². The molecule has 3 N–H and O–H groups in total. The minimum absolute atomic E-state index is 0.208. The lowest BCUT2D eigenvalue weighted by molar-refractivity contribution is -0.118. The molecule has 2 aromatic rings. The highest BCUT2D eigenvalue weighted by molar-refractivity contribution is 6.30. The fourth-order valence-electron chi connectivity index (χ4n) is 4.01. The Labute approximate surface area is 163 Å². The molecule has 27 heavy (non-hydrogen) atoms. The van der Waals surface area contributed by atoms with Crippen LogP contribution in [0.3, 0.4) is 0 Å². The van der Waals surface area contributed by atoms with Crippen molar-refractivity contribution in [1.29, 1.82) is 0 Å². The van der Waals surface area contributed by atoms with Crippen LogP contribution in [0.2, 0.25) is 5.02 Å². The Morgan fingerprint density at radius 2 is 2.19 bits per heavy atom. The lowest BCUT2D eigenvalue weighted by Crippen LogP contribution is -2.43. The second kappa shape index (κ2) is 7.35. The molecule has 0 saturated heterocycles. The van der Waals surface area contributed by atoms with Gasteiger partial charge in [-0.3, -0.25) is 14.7 Å². The van der Waals surface area contributed by atoms with Crippen LogP contribution in [-0.2, 0) is 24.1 Å². The number of nitrogens with one attached hydrogen (secondary N) is 3. The lowest BCUT2D eigenvalue weighted by Gasteiger charge is -2.21. The van der Waals surface area contributed by atoms with Gasteiger partial charge in [0.25, 0.3) is 5.91 Å². The highest BCUT2D eigenvalue weighted by Gasteiger charge is 2.30. The van der Waals surface area contributed by atoms with Crippen molar-refractivity contribution in [2.24, 2.45) is 5.92 Å². The number of H-pyrrole nitrogens is 1. The van der Waals surface area contributed by atoms with Gasteiger partial charge in [-0.15, -0.1) is 0 Å². The molecule has 0 bridgehead atoms. The number of anilines is 1. The number of benzene rings is 1. The zero-order chi connectivity index (χ0) is 19.0. The number of aromatic amines is 1. The Hall–Kier alpha value is -2.34. The van der Waals surface area contributed by atoms with E-state index >= 15 is 0 Å². The number of aryl methyl sites for hydroxylation is 2. The van der Waals surface area contributed by atoms with Gasteiger partial charge in [-0.25, -0.2) is 0 Å². The molecule has 7 heteroatoms. The SMILES string of the molecule is CCC1CCc2[nH]nc(C(=O)N[C@H]3CCc4cc(Cl)ccc4NC3=O)c2C1. The van der Waals surface area contributed by atoms with E-state index < -0.39 is 6.04 Å². The first-order chi connectivity index (χ1) is 13.0. The van der Waals surface area contributed by atoms with E-state index in [2.05, 4.69) is 27.8 Å². The van der Waals surface area contributed by atoms with E-state index in [9.17, 15) is 9.59 Å². The van der Waals surface area contributed by atoms with E-state index in [-0.39, 0.29) is 11.8 Å². The fourth-order valence-corrected chi connectivity index (χ4v) is 4.20. The van der Waals surface area contributed by atoms with Crippen LogP contribution in [0.1, 0.15) is 53.5 Å². The highest BCUT2D eigenvalue weighted by atomic mass is 35.5. The van der Waals surface area contributed by atoms with Crippen LogP contribution in [0.5, 0.6) is 0 Å². The van der Waals surface area contributed by atoms with Crippen LogP contribution in [0, 0.1) is 5.92 Å². The van der Waals surface area contributed by atoms with Gasteiger partial charge in [0.15, 0.2) is 5.69 Å². The molecule has 1 aliphatic carbocycles. The molecule has 0 radical (unpaired) electrons. The number of carbonyl (C=O) groups is 2. The van der Waals surface area contributed by atoms with Gasteiger partial charge in [-0.05, 0) is 61.8 Å². The maximum Gasteiger partial charge on any atom is 0.272 e. The van der Waals surface area contributed by atoms with Crippen LogP contribution < -0.4 is 10.6 Å². The zero-order valence-electron chi connectivity index (χ0n) is 15.3. The highest BCUT2D eigenvalue weighted by Crippen LogP contribution is 2.29. The molecule has 0 fully saturated rings. The Kier molecular flexibility index (Phi) is 4.91. The van der Waals surface area contributed by atoms with Crippen LogP contribution in [0.15, 0.2) is 18.2 Å².